The van der Waals surface area contributed by atoms with Gasteiger partial charge in [0.2, 0.25) is 0 Å². The first-order chi connectivity index (χ1) is 10.7. The molecule has 3 aromatic rings. The number of pyridine rings is 3. The number of nitrogens with two attached hydrogens (primary N) is 1. The van der Waals surface area contributed by atoms with Crippen LogP contribution in [0.15, 0.2) is 36.9 Å². The number of anilines is 1. The largest absolute Gasteiger partial charge is 0.398 e. The van der Waals surface area contributed by atoms with Gasteiger partial charge in [-0.05, 0) is 25.0 Å². The molecule has 0 amide bonds. The first-order valence-corrected chi connectivity index (χ1v) is 7.72. The second-order valence-electron chi connectivity index (χ2n) is 5.20. The Morgan fingerprint density at radius 3 is 2.68 bits per heavy atom. The van der Waals surface area contributed by atoms with E-state index < -0.39 is 0 Å². The number of nitrogens with zero attached hydrogens (tertiary/aromatic N) is 3. The average Bonchev–Trinajstić information content (AvgIpc) is 2.54. The summed E-state index contributed by atoms with van der Waals surface area (Å²) in [4.78, 5) is 12.9. The molecule has 0 spiro atoms. The Labute approximate surface area is 134 Å². The topological polar surface area (TPSA) is 64.7 Å². The summed E-state index contributed by atoms with van der Waals surface area (Å²) in [5.41, 5.74) is 10.7. The molecule has 3 aromatic heterocycles. The van der Waals surface area contributed by atoms with Crippen LogP contribution < -0.4 is 5.73 Å². The Balaban J connectivity index is 2.29. The summed E-state index contributed by atoms with van der Waals surface area (Å²) in [6, 6.07) is 3.78. The fourth-order valence-corrected chi connectivity index (χ4v) is 2.79. The summed E-state index contributed by atoms with van der Waals surface area (Å²) in [5.74, 6) is 0. The van der Waals surface area contributed by atoms with E-state index in [2.05, 4.69) is 16.9 Å². The van der Waals surface area contributed by atoms with Crippen LogP contribution in [-0.4, -0.2) is 15.0 Å². The Morgan fingerprint density at radius 1 is 1.14 bits per heavy atom. The molecule has 3 rings (SSSR count). The fraction of sp³-hybridized carbons (Fsp3) is 0.235. The molecule has 0 aliphatic rings. The summed E-state index contributed by atoms with van der Waals surface area (Å²) in [6.45, 7) is 2.16. The summed E-state index contributed by atoms with van der Waals surface area (Å²) in [6.07, 6.45) is 9.84. The van der Waals surface area contributed by atoms with E-state index in [0.717, 1.165) is 52.7 Å². The maximum atomic E-state index is 6.42. The maximum Gasteiger partial charge on any atom is 0.0913 e. The predicted octanol–water partition coefficient (Wildman–Crippen LogP) is 4.27. The van der Waals surface area contributed by atoms with E-state index in [1.165, 1.54) is 0 Å². The smallest absolute Gasteiger partial charge is 0.0913 e. The highest BCUT2D eigenvalue weighted by Gasteiger charge is 2.16. The molecule has 22 heavy (non-hydrogen) atoms. The Morgan fingerprint density at radius 2 is 1.91 bits per heavy atom. The average molecular weight is 313 g/mol. The highest BCUT2D eigenvalue weighted by Crippen LogP contribution is 2.35. The van der Waals surface area contributed by atoms with Crippen molar-refractivity contribution < 1.29 is 0 Å². The van der Waals surface area contributed by atoms with Crippen LogP contribution in [0.5, 0.6) is 0 Å². The van der Waals surface area contributed by atoms with Crippen LogP contribution in [0.3, 0.4) is 0 Å². The molecule has 2 N–H and O–H groups in total. The van der Waals surface area contributed by atoms with Crippen molar-refractivity contribution in [3.8, 4) is 11.3 Å². The summed E-state index contributed by atoms with van der Waals surface area (Å²) >= 11 is 6.31. The third kappa shape index (κ3) is 2.62. The zero-order valence-electron chi connectivity index (χ0n) is 12.4. The van der Waals surface area contributed by atoms with Gasteiger partial charge in [-0.25, -0.2) is 4.98 Å². The van der Waals surface area contributed by atoms with Crippen LogP contribution in [0.1, 0.15) is 25.3 Å². The second kappa shape index (κ2) is 6.28. The Bertz CT molecular complexity index is 817. The number of unbranched alkanes of at least 4 members (excludes halogenated alkanes) is 1. The van der Waals surface area contributed by atoms with Gasteiger partial charge in [0.1, 0.15) is 0 Å². The third-order valence-corrected chi connectivity index (χ3v) is 4.04. The zero-order chi connectivity index (χ0) is 15.5. The number of fused-ring (bicyclic) bond motifs is 1. The SMILES string of the molecule is CCCCc1c(-c2ccncc2Cl)nc2cnccc2c1N. The molecule has 112 valence electrons. The van der Waals surface area contributed by atoms with Gasteiger partial charge in [0.05, 0.1) is 22.4 Å². The molecule has 0 aliphatic carbocycles. The van der Waals surface area contributed by atoms with E-state index in [0.29, 0.717) is 5.02 Å². The van der Waals surface area contributed by atoms with Gasteiger partial charge in [-0.15, -0.1) is 0 Å². The molecule has 4 nitrogen and oxygen atoms in total. The van der Waals surface area contributed by atoms with E-state index in [-0.39, 0.29) is 0 Å². The second-order valence-corrected chi connectivity index (χ2v) is 5.61. The number of hydrogen-bond acceptors (Lipinski definition) is 4. The Hall–Kier alpha value is -2.20. The highest BCUT2D eigenvalue weighted by molar-refractivity contribution is 6.33. The van der Waals surface area contributed by atoms with Gasteiger partial charge in [-0.3, -0.25) is 9.97 Å². The molecule has 0 aliphatic heterocycles. The molecule has 0 atom stereocenters. The fourth-order valence-electron chi connectivity index (χ4n) is 2.58. The zero-order valence-corrected chi connectivity index (χ0v) is 13.1. The number of halogens is 1. The normalized spacial score (nSPS) is 11.0. The van der Waals surface area contributed by atoms with Gasteiger partial charge >= 0.3 is 0 Å². The van der Waals surface area contributed by atoms with E-state index in [1.54, 1.807) is 24.8 Å². The standard InChI is InChI=1S/C17H17ClN4/c1-2-3-4-13-16(19)12-6-8-21-10-15(12)22-17(13)11-5-7-20-9-14(11)18/h5-10H,2-4H2,1H3,(H2,19,22). The van der Waals surface area contributed by atoms with Gasteiger partial charge in [0.25, 0.3) is 0 Å². The minimum Gasteiger partial charge on any atom is -0.398 e. The lowest BCUT2D eigenvalue weighted by Gasteiger charge is -2.15. The van der Waals surface area contributed by atoms with Gasteiger partial charge in [0.15, 0.2) is 0 Å². The van der Waals surface area contributed by atoms with Gasteiger partial charge < -0.3 is 5.73 Å². The van der Waals surface area contributed by atoms with Crippen molar-refractivity contribution in [2.75, 3.05) is 5.73 Å². The molecule has 0 radical (unpaired) electrons. The van der Waals surface area contributed by atoms with Gasteiger partial charge in [-0.1, -0.05) is 24.9 Å². The summed E-state index contributed by atoms with van der Waals surface area (Å²) in [7, 11) is 0. The molecule has 0 unspecified atom stereocenters. The monoisotopic (exact) mass is 312 g/mol. The molecule has 0 saturated carbocycles. The molecule has 0 aromatic carbocycles. The molecule has 5 heteroatoms. The minimum absolute atomic E-state index is 0.579. The molecule has 0 fully saturated rings. The highest BCUT2D eigenvalue weighted by atomic mass is 35.5. The van der Waals surface area contributed by atoms with Gasteiger partial charge in [0, 0.05) is 40.8 Å². The maximum absolute atomic E-state index is 6.42. The predicted molar refractivity (Wildman–Crippen MR) is 90.8 cm³/mol. The van der Waals surface area contributed by atoms with Crippen molar-refractivity contribution in [2.45, 2.75) is 26.2 Å². The molecule has 0 saturated heterocycles. The van der Waals surface area contributed by atoms with Crippen molar-refractivity contribution in [3.63, 3.8) is 0 Å². The van der Waals surface area contributed by atoms with E-state index in [4.69, 9.17) is 22.3 Å². The minimum atomic E-state index is 0.579. The van der Waals surface area contributed by atoms with Crippen LogP contribution >= 0.6 is 11.6 Å². The van der Waals surface area contributed by atoms with Crippen LogP contribution in [-0.2, 0) is 6.42 Å². The summed E-state index contributed by atoms with van der Waals surface area (Å²) < 4.78 is 0. The number of hydrogen-bond donors (Lipinski definition) is 1. The third-order valence-electron chi connectivity index (χ3n) is 3.74. The van der Waals surface area contributed by atoms with Gasteiger partial charge in [-0.2, -0.15) is 0 Å². The van der Waals surface area contributed by atoms with Crippen molar-refractivity contribution >= 4 is 28.2 Å². The van der Waals surface area contributed by atoms with E-state index >= 15 is 0 Å². The number of nitrogen functional groups attached to an aromatic ring is 1. The van der Waals surface area contributed by atoms with Crippen LogP contribution in [0.2, 0.25) is 5.02 Å². The van der Waals surface area contributed by atoms with Crippen LogP contribution in [0.25, 0.3) is 22.2 Å². The summed E-state index contributed by atoms with van der Waals surface area (Å²) in [5, 5.41) is 1.52. The lowest BCUT2D eigenvalue weighted by Crippen LogP contribution is -2.03. The van der Waals surface area contributed by atoms with Crippen molar-refractivity contribution in [3.05, 3.63) is 47.5 Å². The Kier molecular flexibility index (Phi) is 4.20. The lowest BCUT2D eigenvalue weighted by molar-refractivity contribution is 0.796. The number of rotatable bonds is 4. The van der Waals surface area contributed by atoms with Crippen molar-refractivity contribution in [2.24, 2.45) is 0 Å². The quantitative estimate of drug-likeness (QED) is 0.781. The molecular formula is C17H17ClN4. The first-order valence-electron chi connectivity index (χ1n) is 7.34. The lowest BCUT2D eigenvalue weighted by atomic mass is 9.98. The molecule has 3 heterocycles. The van der Waals surface area contributed by atoms with Crippen LogP contribution in [0.4, 0.5) is 5.69 Å². The molecule has 0 bridgehead atoms. The van der Waals surface area contributed by atoms with Crippen molar-refractivity contribution in [1.82, 2.24) is 15.0 Å². The molecular weight excluding hydrogens is 296 g/mol. The van der Waals surface area contributed by atoms with E-state index in [9.17, 15) is 0 Å². The van der Waals surface area contributed by atoms with Crippen molar-refractivity contribution in [1.29, 1.82) is 0 Å². The van der Waals surface area contributed by atoms with E-state index in [1.807, 2.05) is 12.1 Å². The van der Waals surface area contributed by atoms with Crippen LogP contribution in [0, 0.1) is 0 Å². The first kappa shape index (κ1) is 14.7. The number of aromatic nitrogens is 3.